The fraction of sp³-hybridized carbons (Fsp3) is 0.692. The SMILES string of the molecule is CCN(C1CCCC1)C(CN)c1cc(Br)c(Cl)s1. The third-order valence-electron chi connectivity index (χ3n) is 3.78. The number of nitrogens with zero attached hydrogens (tertiary/aromatic N) is 1. The number of halogens is 2. The molecule has 2 nitrogen and oxygen atoms in total. The van der Waals surface area contributed by atoms with E-state index in [1.54, 1.807) is 11.3 Å². The topological polar surface area (TPSA) is 29.3 Å². The van der Waals surface area contributed by atoms with Gasteiger partial charge in [0.05, 0.1) is 6.04 Å². The molecule has 1 unspecified atom stereocenters. The highest BCUT2D eigenvalue weighted by atomic mass is 79.9. The molecule has 1 aliphatic carbocycles. The lowest BCUT2D eigenvalue weighted by Crippen LogP contribution is -2.39. The first-order valence-corrected chi connectivity index (χ1v) is 8.56. The van der Waals surface area contributed by atoms with Crippen LogP contribution in [0.3, 0.4) is 0 Å². The molecular weight excluding hydrogens is 332 g/mol. The zero-order chi connectivity index (χ0) is 13.1. The predicted octanol–water partition coefficient (Wildman–Crippen LogP) is 4.43. The average Bonchev–Trinajstić information content (AvgIpc) is 2.97. The average molecular weight is 352 g/mol. The van der Waals surface area contributed by atoms with E-state index < -0.39 is 0 Å². The van der Waals surface area contributed by atoms with E-state index >= 15 is 0 Å². The van der Waals surface area contributed by atoms with Crippen molar-refractivity contribution in [2.45, 2.75) is 44.7 Å². The van der Waals surface area contributed by atoms with Gasteiger partial charge in [-0.25, -0.2) is 0 Å². The normalized spacial score (nSPS) is 18.7. The summed E-state index contributed by atoms with van der Waals surface area (Å²) in [7, 11) is 0. The third-order valence-corrected chi connectivity index (χ3v) is 6.35. The summed E-state index contributed by atoms with van der Waals surface area (Å²) in [6.45, 7) is 3.94. The van der Waals surface area contributed by atoms with Crippen LogP contribution in [-0.4, -0.2) is 24.0 Å². The van der Waals surface area contributed by atoms with Gasteiger partial charge in [0.25, 0.3) is 0 Å². The highest BCUT2D eigenvalue weighted by molar-refractivity contribution is 9.10. The van der Waals surface area contributed by atoms with Gasteiger partial charge in [0, 0.05) is 21.9 Å². The van der Waals surface area contributed by atoms with Crippen LogP contribution < -0.4 is 5.73 Å². The first-order valence-electron chi connectivity index (χ1n) is 6.57. The molecular formula is C13H20BrClN2S. The van der Waals surface area contributed by atoms with E-state index in [9.17, 15) is 0 Å². The highest BCUT2D eigenvalue weighted by Crippen LogP contribution is 2.38. The Labute approximate surface area is 127 Å². The number of nitrogens with two attached hydrogens (primary N) is 1. The minimum Gasteiger partial charge on any atom is -0.329 e. The minimum absolute atomic E-state index is 0.312. The van der Waals surface area contributed by atoms with Crippen LogP contribution in [0.25, 0.3) is 0 Å². The Bertz CT molecular complexity index is 371. The number of likely N-dealkylation sites (N-methyl/N-ethyl adjacent to an activating group) is 1. The van der Waals surface area contributed by atoms with E-state index in [1.165, 1.54) is 30.6 Å². The molecule has 102 valence electrons. The van der Waals surface area contributed by atoms with E-state index in [-0.39, 0.29) is 0 Å². The van der Waals surface area contributed by atoms with Crippen molar-refractivity contribution < 1.29 is 0 Å². The van der Waals surface area contributed by atoms with E-state index in [1.807, 2.05) is 0 Å². The second kappa shape index (κ2) is 6.71. The molecule has 0 saturated heterocycles. The van der Waals surface area contributed by atoms with Crippen molar-refractivity contribution in [3.8, 4) is 0 Å². The van der Waals surface area contributed by atoms with Crippen molar-refractivity contribution in [1.82, 2.24) is 4.90 Å². The zero-order valence-electron chi connectivity index (χ0n) is 10.7. The minimum atomic E-state index is 0.312. The van der Waals surface area contributed by atoms with Crippen LogP contribution in [0.1, 0.15) is 43.5 Å². The summed E-state index contributed by atoms with van der Waals surface area (Å²) in [6, 6.07) is 3.14. The summed E-state index contributed by atoms with van der Waals surface area (Å²) in [5.74, 6) is 0. The maximum atomic E-state index is 6.15. The molecule has 2 N–H and O–H groups in total. The summed E-state index contributed by atoms with van der Waals surface area (Å²) >= 11 is 11.3. The van der Waals surface area contributed by atoms with E-state index in [4.69, 9.17) is 17.3 Å². The predicted molar refractivity (Wildman–Crippen MR) is 83.5 cm³/mol. The molecule has 5 heteroatoms. The van der Waals surface area contributed by atoms with Crippen molar-refractivity contribution in [3.05, 3.63) is 19.8 Å². The van der Waals surface area contributed by atoms with Crippen LogP contribution in [0.15, 0.2) is 10.5 Å². The fourth-order valence-corrected chi connectivity index (χ4v) is 4.78. The molecule has 0 radical (unpaired) electrons. The Balaban J connectivity index is 2.19. The van der Waals surface area contributed by atoms with Crippen molar-refractivity contribution in [3.63, 3.8) is 0 Å². The maximum absolute atomic E-state index is 6.15. The van der Waals surface area contributed by atoms with Crippen LogP contribution in [0.2, 0.25) is 4.34 Å². The van der Waals surface area contributed by atoms with Gasteiger partial charge >= 0.3 is 0 Å². The molecule has 1 aromatic rings. The molecule has 1 saturated carbocycles. The molecule has 0 spiro atoms. The third kappa shape index (κ3) is 3.10. The summed E-state index contributed by atoms with van der Waals surface area (Å²) in [5.41, 5.74) is 6.01. The molecule has 0 amide bonds. The molecule has 1 aromatic heterocycles. The lowest BCUT2D eigenvalue weighted by molar-refractivity contribution is 0.149. The molecule has 0 aromatic carbocycles. The number of hydrogen-bond acceptors (Lipinski definition) is 3. The molecule has 2 rings (SSSR count). The van der Waals surface area contributed by atoms with Gasteiger partial charge in [-0.3, -0.25) is 4.90 Å². The van der Waals surface area contributed by atoms with E-state index in [2.05, 4.69) is 33.8 Å². The molecule has 1 atom stereocenters. The standard InChI is InChI=1S/C13H20BrClN2S/c1-2-17(9-5-3-4-6-9)11(8-16)12-7-10(14)13(15)18-12/h7,9,11H,2-6,8,16H2,1H3. The van der Waals surface area contributed by atoms with Crippen molar-refractivity contribution in [1.29, 1.82) is 0 Å². The van der Waals surface area contributed by atoms with Gasteiger partial charge in [0.1, 0.15) is 4.34 Å². The largest absolute Gasteiger partial charge is 0.329 e. The lowest BCUT2D eigenvalue weighted by atomic mass is 10.1. The van der Waals surface area contributed by atoms with Crippen LogP contribution in [0.5, 0.6) is 0 Å². The van der Waals surface area contributed by atoms with E-state index in [0.717, 1.165) is 15.4 Å². The quantitative estimate of drug-likeness (QED) is 0.850. The summed E-state index contributed by atoms with van der Waals surface area (Å²) in [5, 5.41) is 0. The Morgan fingerprint density at radius 1 is 1.56 bits per heavy atom. The molecule has 1 fully saturated rings. The Hall–Kier alpha value is 0.390. The fourth-order valence-electron chi connectivity index (χ4n) is 2.91. The Morgan fingerprint density at radius 2 is 2.22 bits per heavy atom. The van der Waals surface area contributed by atoms with Crippen molar-refractivity contribution >= 4 is 38.9 Å². The number of hydrogen-bond donors (Lipinski definition) is 1. The monoisotopic (exact) mass is 350 g/mol. The van der Waals surface area contributed by atoms with Crippen LogP contribution in [0, 0.1) is 0 Å². The molecule has 18 heavy (non-hydrogen) atoms. The molecule has 0 bridgehead atoms. The lowest BCUT2D eigenvalue weighted by Gasteiger charge is -2.34. The van der Waals surface area contributed by atoms with Gasteiger partial charge in [-0.1, -0.05) is 31.4 Å². The second-order valence-electron chi connectivity index (χ2n) is 4.79. The second-order valence-corrected chi connectivity index (χ2v) is 7.33. The summed E-state index contributed by atoms with van der Waals surface area (Å²) in [6.07, 6.45) is 5.33. The van der Waals surface area contributed by atoms with Crippen LogP contribution >= 0.6 is 38.9 Å². The summed E-state index contributed by atoms with van der Waals surface area (Å²) < 4.78 is 1.82. The number of rotatable bonds is 5. The maximum Gasteiger partial charge on any atom is 0.107 e. The van der Waals surface area contributed by atoms with Crippen molar-refractivity contribution in [2.75, 3.05) is 13.1 Å². The van der Waals surface area contributed by atoms with Gasteiger partial charge in [0.2, 0.25) is 0 Å². The zero-order valence-corrected chi connectivity index (χ0v) is 13.8. The van der Waals surface area contributed by atoms with Gasteiger partial charge in [-0.05, 0) is 41.4 Å². The van der Waals surface area contributed by atoms with Crippen LogP contribution in [-0.2, 0) is 0 Å². The van der Waals surface area contributed by atoms with Gasteiger partial charge in [0.15, 0.2) is 0 Å². The Kier molecular flexibility index (Phi) is 5.51. The first kappa shape index (κ1) is 14.8. The Morgan fingerprint density at radius 3 is 2.67 bits per heavy atom. The molecule has 0 aliphatic heterocycles. The van der Waals surface area contributed by atoms with Crippen molar-refractivity contribution in [2.24, 2.45) is 5.73 Å². The molecule has 1 aliphatic rings. The van der Waals surface area contributed by atoms with E-state index in [0.29, 0.717) is 18.6 Å². The van der Waals surface area contributed by atoms with Gasteiger partial charge < -0.3 is 5.73 Å². The highest BCUT2D eigenvalue weighted by Gasteiger charge is 2.29. The summed E-state index contributed by atoms with van der Waals surface area (Å²) in [4.78, 5) is 3.84. The smallest absolute Gasteiger partial charge is 0.107 e. The number of thiophene rings is 1. The van der Waals surface area contributed by atoms with Gasteiger partial charge in [-0.15, -0.1) is 11.3 Å². The first-order chi connectivity index (χ1) is 8.67. The van der Waals surface area contributed by atoms with Crippen LogP contribution in [0.4, 0.5) is 0 Å². The van der Waals surface area contributed by atoms with Gasteiger partial charge in [-0.2, -0.15) is 0 Å². The molecule has 1 heterocycles.